The molecule has 0 saturated carbocycles. The van der Waals surface area contributed by atoms with E-state index in [9.17, 15) is 13.2 Å². The first-order valence-corrected chi connectivity index (χ1v) is 7.14. The molecule has 0 aromatic heterocycles. The number of alkyl halides is 3. The second-order valence-electron chi connectivity index (χ2n) is 4.01. The van der Waals surface area contributed by atoms with Gasteiger partial charge in [-0.3, -0.25) is 0 Å². The fourth-order valence-corrected chi connectivity index (χ4v) is 2.58. The zero-order valence-corrected chi connectivity index (χ0v) is 12.3. The van der Waals surface area contributed by atoms with Gasteiger partial charge in [0.15, 0.2) is 0 Å². The van der Waals surface area contributed by atoms with Gasteiger partial charge in [0.05, 0.1) is 6.42 Å². The van der Waals surface area contributed by atoms with Crippen LogP contribution in [0.2, 0.25) is 0 Å². The summed E-state index contributed by atoms with van der Waals surface area (Å²) in [6.07, 6.45) is -3.17. The molecular weight excluding hydrogens is 293 g/mol. The van der Waals surface area contributed by atoms with Crippen LogP contribution in [0.5, 0.6) is 0 Å². The van der Waals surface area contributed by atoms with Gasteiger partial charge in [-0.15, -0.1) is 11.8 Å². The average molecular weight is 308 g/mol. The molecule has 7 heteroatoms. The third-order valence-corrected chi connectivity index (χ3v) is 3.60. The summed E-state index contributed by atoms with van der Waals surface area (Å²) in [5.74, 6) is 0. The molecule has 0 aliphatic carbocycles. The minimum Gasteiger partial charge on any atom is -0.389 e. The van der Waals surface area contributed by atoms with E-state index >= 15 is 0 Å². The van der Waals surface area contributed by atoms with Gasteiger partial charge in [0.2, 0.25) is 0 Å². The lowest BCUT2D eigenvalue weighted by Crippen LogP contribution is -2.26. The van der Waals surface area contributed by atoms with E-state index in [1.807, 2.05) is 12.3 Å². The van der Waals surface area contributed by atoms with Crippen LogP contribution in [0.3, 0.4) is 0 Å². The third kappa shape index (κ3) is 4.58. The van der Waals surface area contributed by atoms with Crippen LogP contribution in [0.15, 0.2) is 23.1 Å². The summed E-state index contributed by atoms with van der Waals surface area (Å²) in [7, 11) is 1.60. The first kappa shape index (κ1) is 16.1. The number of nitrogens with zero attached hydrogens (tertiary/aromatic N) is 1. The number of hydrogen-bond acceptors (Lipinski definition) is 3. The van der Waals surface area contributed by atoms with Crippen LogP contribution in [-0.4, -0.2) is 31.0 Å². The van der Waals surface area contributed by atoms with E-state index in [1.54, 1.807) is 19.2 Å². The lowest BCUT2D eigenvalue weighted by molar-refractivity contribution is -0.132. The Morgan fingerprint density at radius 3 is 2.53 bits per heavy atom. The van der Waals surface area contributed by atoms with E-state index in [1.165, 1.54) is 16.7 Å². The van der Waals surface area contributed by atoms with E-state index < -0.39 is 12.6 Å². The fraction of sp³-hybridized carbons (Fsp3) is 0.417. The molecule has 0 unspecified atom stereocenters. The highest BCUT2D eigenvalue weighted by Gasteiger charge is 2.27. The predicted molar refractivity (Wildman–Crippen MR) is 78.1 cm³/mol. The molecule has 0 bridgehead atoms. The normalized spacial score (nSPS) is 11.4. The van der Waals surface area contributed by atoms with Crippen LogP contribution in [0.1, 0.15) is 12.0 Å². The van der Waals surface area contributed by atoms with E-state index in [0.717, 1.165) is 4.90 Å². The Balaban J connectivity index is 3.02. The zero-order chi connectivity index (χ0) is 14.6. The van der Waals surface area contributed by atoms with Crippen molar-refractivity contribution in [3.8, 4) is 0 Å². The first-order valence-electron chi connectivity index (χ1n) is 5.51. The predicted octanol–water partition coefficient (Wildman–Crippen LogP) is 3.43. The topological polar surface area (TPSA) is 29.3 Å². The Bertz CT molecular complexity index is 461. The van der Waals surface area contributed by atoms with Crippen LogP contribution < -0.4 is 10.6 Å². The second-order valence-corrected chi connectivity index (χ2v) is 5.29. The molecule has 2 N–H and O–H groups in total. The van der Waals surface area contributed by atoms with Gasteiger partial charge in [0, 0.05) is 29.7 Å². The van der Waals surface area contributed by atoms with Gasteiger partial charge in [-0.1, -0.05) is 18.3 Å². The molecule has 2 nitrogen and oxygen atoms in total. The summed E-state index contributed by atoms with van der Waals surface area (Å²) in [6.45, 7) is -0.128. The molecule has 1 aromatic carbocycles. The zero-order valence-electron chi connectivity index (χ0n) is 10.6. The number of halogens is 3. The SMILES string of the molecule is CSc1cccc(N(C)CCC(F)(F)F)c1C(N)=S. The first-order chi connectivity index (χ1) is 8.76. The molecule has 106 valence electrons. The maximum absolute atomic E-state index is 12.3. The van der Waals surface area contributed by atoms with Gasteiger partial charge in [-0.05, 0) is 18.4 Å². The van der Waals surface area contributed by atoms with Gasteiger partial charge in [0.25, 0.3) is 0 Å². The number of nitrogens with two attached hydrogens (primary N) is 1. The van der Waals surface area contributed by atoms with Crippen molar-refractivity contribution < 1.29 is 13.2 Å². The molecule has 0 heterocycles. The molecule has 0 spiro atoms. The molecule has 0 amide bonds. The third-order valence-electron chi connectivity index (χ3n) is 2.61. The average Bonchev–Trinajstić information content (AvgIpc) is 2.33. The Hall–Kier alpha value is -0.950. The van der Waals surface area contributed by atoms with Crippen molar-refractivity contribution in [1.29, 1.82) is 0 Å². The minimum atomic E-state index is -4.17. The Morgan fingerprint density at radius 1 is 1.42 bits per heavy atom. The maximum atomic E-state index is 12.3. The van der Waals surface area contributed by atoms with Crippen molar-refractivity contribution >= 4 is 34.7 Å². The molecule has 0 aliphatic rings. The number of anilines is 1. The highest BCUT2D eigenvalue weighted by atomic mass is 32.2. The summed E-state index contributed by atoms with van der Waals surface area (Å²) < 4.78 is 36.8. The molecule has 0 radical (unpaired) electrons. The molecular formula is C12H15F3N2S2. The number of thiocarbonyl (C=S) groups is 1. The number of benzene rings is 1. The van der Waals surface area contributed by atoms with Crippen LogP contribution in [0.25, 0.3) is 0 Å². The van der Waals surface area contributed by atoms with Crippen molar-refractivity contribution in [3.05, 3.63) is 23.8 Å². The Morgan fingerprint density at radius 2 is 2.05 bits per heavy atom. The molecule has 0 fully saturated rings. The molecule has 19 heavy (non-hydrogen) atoms. The van der Waals surface area contributed by atoms with Crippen LogP contribution in [0, 0.1) is 0 Å². The van der Waals surface area contributed by atoms with Crippen molar-refractivity contribution in [2.45, 2.75) is 17.5 Å². The van der Waals surface area contributed by atoms with E-state index in [4.69, 9.17) is 18.0 Å². The summed E-state index contributed by atoms with van der Waals surface area (Å²) in [5.41, 5.74) is 6.94. The summed E-state index contributed by atoms with van der Waals surface area (Å²) in [4.78, 5) is 2.59. The second kappa shape index (κ2) is 6.47. The van der Waals surface area contributed by atoms with Gasteiger partial charge in [-0.2, -0.15) is 13.2 Å². The monoisotopic (exact) mass is 308 g/mol. The lowest BCUT2D eigenvalue weighted by atomic mass is 10.1. The molecule has 0 saturated heterocycles. The van der Waals surface area contributed by atoms with E-state index in [2.05, 4.69) is 0 Å². The van der Waals surface area contributed by atoms with Crippen molar-refractivity contribution in [2.75, 3.05) is 24.7 Å². The lowest BCUT2D eigenvalue weighted by Gasteiger charge is -2.24. The van der Waals surface area contributed by atoms with Gasteiger partial charge in [-0.25, -0.2) is 0 Å². The van der Waals surface area contributed by atoms with Crippen LogP contribution >= 0.6 is 24.0 Å². The standard InChI is InChI=1S/C12H15F3N2S2/c1-17(7-6-12(13,14)15)8-4-3-5-9(19-2)10(8)11(16)18/h3-5H,6-7H2,1-2H3,(H2,16,18). The quantitative estimate of drug-likeness (QED) is 0.666. The van der Waals surface area contributed by atoms with Crippen LogP contribution in [-0.2, 0) is 0 Å². The van der Waals surface area contributed by atoms with Crippen LogP contribution in [0.4, 0.5) is 18.9 Å². The largest absolute Gasteiger partial charge is 0.390 e. The maximum Gasteiger partial charge on any atom is 0.390 e. The summed E-state index contributed by atoms with van der Waals surface area (Å²) >= 11 is 6.46. The van der Waals surface area contributed by atoms with Gasteiger partial charge < -0.3 is 10.6 Å². The Labute approximate surface area is 120 Å². The smallest absolute Gasteiger partial charge is 0.389 e. The number of thioether (sulfide) groups is 1. The summed E-state index contributed by atoms with van der Waals surface area (Å²) in [5, 5.41) is 0. The molecule has 1 rings (SSSR count). The minimum absolute atomic E-state index is 0.128. The van der Waals surface area contributed by atoms with Crippen molar-refractivity contribution in [2.24, 2.45) is 5.73 Å². The van der Waals surface area contributed by atoms with Crippen molar-refractivity contribution in [1.82, 2.24) is 0 Å². The fourth-order valence-electron chi connectivity index (χ4n) is 1.67. The Kier molecular flexibility index (Phi) is 5.49. The van der Waals surface area contributed by atoms with Crippen molar-refractivity contribution in [3.63, 3.8) is 0 Å². The summed E-state index contributed by atoms with van der Waals surface area (Å²) in [6, 6.07) is 5.36. The number of hydrogen-bond donors (Lipinski definition) is 1. The number of rotatable bonds is 5. The molecule has 0 atom stereocenters. The van der Waals surface area contributed by atoms with E-state index in [-0.39, 0.29) is 11.5 Å². The van der Waals surface area contributed by atoms with Gasteiger partial charge in [0.1, 0.15) is 4.99 Å². The van der Waals surface area contributed by atoms with E-state index in [0.29, 0.717) is 11.3 Å². The molecule has 0 aliphatic heterocycles. The highest BCUT2D eigenvalue weighted by molar-refractivity contribution is 7.98. The highest BCUT2D eigenvalue weighted by Crippen LogP contribution is 2.30. The van der Waals surface area contributed by atoms with Gasteiger partial charge >= 0.3 is 6.18 Å². The molecule has 1 aromatic rings.